The molecular weight excluding hydrogens is 257 g/mol. The molecule has 1 aromatic carbocycles. The van der Waals surface area contributed by atoms with Crippen LogP contribution in [0.5, 0.6) is 0 Å². The molecule has 0 saturated carbocycles. The molecule has 0 saturated heterocycles. The average molecular weight is 270 g/mol. The normalized spacial score (nSPS) is 19.6. The fourth-order valence-electron chi connectivity index (χ4n) is 2.61. The monoisotopic (exact) mass is 270 g/mol. The van der Waals surface area contributed by atoms with Crippen LogP contribution in [0, 0.1) is 12.2 Å². The van der Waals surface area contributed by atoms with Gasteiger partial charge in [0.15, 0.2) is 0 Å². The minimum atomic E-state index is -0.244. The van der Waals surface area contributed by atoms with Crippen molar-refractivity contribution in [2.45, 2.75) is 18.9 Å². The van der Waals surface area contributed by atoms with E-state index in [-0.39, 0.29) is 24.9 Å². The second-order valence-corrected chi connectivity index (χ2v) is 4.99. The highest BCUT2D eigenvalue weighted by molar-refractivity contribution is 6.11. The molecule has 5 heteroatoms. The Bertz CT molecular complexity index is 753. The first-order valence-electron chi connectivity index (χ1n) is 6.53. The maximum atomic E-state index is 13.9. The quantitative estimate of drug-likeness (QED) is 0.805. The Hall–Kier alpha value is -2.30. The van der Waals surface area contributed by atoms with Gasteiger partial charge in [-0.05, 0) is 12.5 Å². The van der Waals surface area contributed by atoms with E-state index in [1.54, 1.807) is 29.3 Å². The number of rotatable bonds is 3. The number of aryl methyl sites for hydroxylation is 1. The number of carbonyl (C=O) groups is 1. The molecule has 1 atom stereocenters. The lowest BCUT2D eigenvalue weighted by molar-refractivity contribution is 0.103. The number of halogens is 1. The smallest absolute Gasteiger partial charge is 0.228 e. The molecule has 1 aliphatic heterocycles. The summed E-state index contributed by atoms with van der Waals surface area (Å²) in [6.07, 6.45) is 4.95. The zero-order valence-corrected chi connectivity index (χ0v) is 10.6. The maximum Gasteiger partial charge on any atom is 0.228 e. The molecule has 1 aliphatic carbocycles. The van der Waals surface area contributed by atoms with E-state index in [0.29, 0.717) is 17.6 Å². The van der Waals surface area contributed by atoms with Crippen molar-refractivity contribution in [2.24, 2.45) is 0 Å². The van der Waals surface area contributed by atoms with Gasteiger partial charge in [0, 0.05) is 25.4 Å². The molecule has 101 valence electrons. The minimum Gasteiger partial charge on any atom is -0.285 e. The summed E-state index contributed by atoms with van der Waals surface area (Å²) in [7, 11) is 0. The summed E-state index contributed by atoms with van der Waals surface area (Å²) >= 11 is 0. The van der Waals surface area contributed by atoms with Crippen LogP contribution < -0.4 is 0 Å². The van der Waals surface area contributed by atoms with Crippen molar-refractivity contribution in [3.8, 4) is 0 Å². The third-order valence-electron chi connectivity index (χ3n) is 3.70. The van der Waals surface area contributed by atoms with E-state index in [1.807, 2.05) is 6.07 Å². The average Bonchev–Trinajstić information content (AvgIpc) is 3.09. The van der Waals surface area contributed by atoms with Crippen molar-refractivity contribution in [2.75, 3.05) is 0 Å². The molecule has 2 aliphatic rings. The Morgan fingerprint density at radius 2 is 2.20 bits per heavy atom. The number of nitrogens with zero attached hydrogens (tertiary/aromatic N) is 3. The summed E-state index contributed by atoms with van der Waals surface area (Å²) < 4.78 is 15.6. The molecule has 1 aromatic heterocycles. The van der Waals surface area contributed by atoms with E-state index >= 15 is 0 Å². The predicted octanol–water partition coefficient (Wildman–Crippen LogP) is 2.53. The van der Waals surface area contributed by atoms with Crippen LogP contribution in [-0.2, 0) is 6.42 Å². The Kier molecular flexibility index (Phi) is 2.36. The Morgan fingerprint density at radius 3 is 2.95 bits per heavy atom. The van der Waals surface area contributed by atoms with Crippen molar-refractivity contribution in [3.05, 3.63) is 65.4 Å². The molecule has 20 heavy (non-hydrogen) atoms. The Labute approximate surface area is 116 Å². The number of hydrogen-bond donors (Lipinski definition) is 0. The number of fused-ring (bicyclic) bond motifs is 1. The van der Waals surface area contributed by atoms with Crippen LogP contribution in [0.4, 0.5) is 4.39 Å². The number of benzene rings is 1. The summed E-state index contributed by atoms with van der Waals surface area (Å²) in [6.45, 7) is 0. The third kappa shape index (κ3) is 1.70. The summed E-state index contributed by atoms with van der Waals surface area (Å²) in [5, 5.41) is 4.28. The van der Waals surface area contributed by atoms with Crippen LogP contribution in [0.2, 0.25) is 0 Å². The van der Waals surface area contributed by atoms with Crippen LogP contribution in [0.1, 0.15) is 35.9 Å². The van der Waals surface area contributed by atoms with Crippen molar-refractivity contribution < 1.29 is 10.6 Å². The number of aromatic nitrogens is 3. The third-order valence-corrected chi connectivity index (χ3v) is 3.70. The number of allylic oxidation sites excluding steroid dienone is 2. The standard InChI is InChI=1S/C15H11FN3O.H2/c16-11-4-2-1-3-10(11)12-7-8-13-17-15(18-19(12)13)14(20)9-5-6-9;/h1-6,12H,7-8H2;1H/t12-;/m1./s1. The van der Waals surface area contributed by atoms with Gasteiger partial charge in [-0.25, -0.2) is 14.1 Å². The van der Waals surface area contributed by atoms with Gasteiger partial charge in [-0.3, -0.25) is 4.79 Å². The largest absolute Gasteiger partial charge is 0.285 e. The molecule has 2 aromatic rings. The summed E-state index contributed by atoms with van der Waals surface area (Å²) in [6, 6.07) is 6.51. The highest BCUT2D eigenvalue weighted by atomic mass is 19.1. The maximum absolute atomic E-state index is 13.9. The molecule has 0 unspecified atom stereocenters. The molecule has 4 rings (SSSR count). The number of hydrogen-bond acceptors (Lipinski definition) is 3. The molecular formula is C15H13FN3O. The molecule has 0 N–H and O–H groups in total. The highest BCUT2D eigenvalue weighted by Gasteiger charge is 2.31. The van der Waals surface area contributed by atoms with E-state index in [0.717, 1.165) is 12.2 Å². The van der Waals surface area contributed by atoms with E-state index in [9.17, 15) is 9.18 Å². The first kappa shape index (κ1) is 11.5. The predicted molar refractivity (Wildman–Crippen MR) is 71.7 cm³/mol. The molecule has 1 radical (unpaired) electrons. The summed E-state index contributed by atoms with van der Waals surface area (Å²) in [5.74, 6) is 0.565. The molecule has 4 nitrogen and oxygen atoms in total. The van der Waals surface area contributed by atoms with Crippen molar-refractivity contribution in [1.29, 1.82) is 0 Å². The van der Waals surface area contributed by atoms with Crippen molar-refractivity contribution >= 4 is 5.78 Å². The first-order chi connectivity index (χ1) is 9.74. The van der Waals surface area contributed by atoms with Gasteiger partial charge in [0.2, 0.25) is 11.6 Å². The van der Waals surface area contributed by atoms with Crippen LogP contribution in [0.25, 0.3) is 0 Å². The van der Waals surface area contributed by atoms with E-state index in [2.05, 4.69) is 10.1 Å². The zero-order chi connectivity index (χ0) is 13.7. The summed E-state index contributed by atoms with van der Waals surface area (Å²) in [4.78, 5) is 16.2. The van der Waals surface area contributed by atoms with Gasteiger partial charge in [0.05, 0.1) is 6.04 Å². The minimum absolute atomic E-state index is 0. The van der Waals surface area contributed by atoms with Crippen LogP contribution in [0.3, 0.4) is 0 Å². The molecule has 0 bridgehead atoms. The van der Waals surface area contributed by atoms with Crippen LogP contribution >= 0.6 is 0 Å². The Morgan fingerprint density at radius 1 is 1.40 bits per heavy atom. The molecule has 0 spiro atoms. The van der Waals surface area contributed by atoms with Gasteiger partial charge in [0.25, 0.3) is 0 Å². The first-order valence-corrected chi connectivity index (χ1v) is 6.53. The zero-order valence-electron chi connectivity index (χ0n) is 10.6. The SMILES string of the molecule is O=C(C1=C[CH]1)c1nc2n(n1)[C@@H](c1ccccc1F)CC2.[HH]. The van der Waals surface area contributed by atoms with E-state index in [4.69, 9.17) is 0 Å². The van der Waals surface area contributed by atoms with Gasteiger partial charge in [-0.2, -0.15) is 0 Å². The fourth-order valence-corrected chi connectivity index (χ4v) is 2.61. The van der Waals surface area contributed by atoms with Gasteiger partial charge >= 0.3 is 0 Å². The lowest BCUT2D eigenvalue weighted by Gasteiger charge is -2.12. The molecule has 2 heterocycles. The van der Waals surface area contributed by atoms with Crippen LogP contribution in [-0.4, -0.2) is 20.5 Å². The van der Waals surface area contributed by atoms with Gasteiger partial charge in [0.1, 0.15) is 11.6 Å². The summed E-state index contributed by atoms with van der Waals surface area (Å²) in [5.41, 5.74) is 1.25. The van der Waals surface area contributed by atoms with Gasteiger partial charge in [-0.15, -0.1) is 5.10 Å². The molecule has 0 fully saturated rings. The van der Waals surface area contributed by atoms with Gasteiger partial charge in [-0.1, -0.05) is 24.3 Å². The number of Topliss-reactive ketones (excluding diaryl/α,β-unsaturated/α-hetero) is 1. The number of carbonyl (C=O) groups excluding carboxylic acids is 1. The van der Waals surface area contributed by atoms with Crippen molar-refractivity contribution in [3.63, 3.8) is 0 Å². The molecule has 0 amide bonds. The highest BCUT2D eigenvalue weighted by Crippen LogP contribution is 2.32. The van der Waals surface area contributed by atoms with Gasteiger partial charge < -0.3 is 0 Å². The van der Waals surface area contributed by atoms with Crippen LogP contribution in [0.15, 0.2) is 35.9 Å². The second-order valence-electron chi connectivity index (χ2n) is 4.99. The number of ketones is 1. The fraction of sp³-hybridized carbons (Fsp3) is 0.200. The van der Waals surface area contributed by atoms with E-state index in [1.165, 1.54) is 6.07 Å². The Balaban J connectivity index is 0.00000132. The topological polar surface area (TPSA) is 47.8 Å². The van der Waals surface area contributed by atoms with Crippen molar-refractivity contribution in [1.82, 2.24) is 14.8 Å². The van der Waals surface area contributed by atoms with E-state index < -0.39 is 0 Å². The lowest BCUT2D eigenvalue weighted by atomic mass is 10.0. The second kappa shape index (κ2) is 4.10. The lowest BCUT2D eigenvalue weighted by Crippen LogP contribution is -2.11.